The number of aliphatic hydroxyl groups is 1. The zero-order valence-corrected chi connectivity index (χ0v) is 8.61. The largest absolute Gasteiger partial charge is 0.385 e. The fraction of sp³-hybridized carbons (Fsp3) is 0.545. The first kappa shape index (κ1) is 10.5. The summed E-state index contributed by atoms with van der Waals surface area (Å²) in [6, 6.07) is 1.32. The number of rotatable bonds is 2. The fourth-order valence-corrected chi connectivity index (χ4v) is 1.90. The van der Waals surface area contributed by atoms with E-state index in [1.54, 1.807) is 6.92 Å². The highest BCUT2D eigenvalue weighted by Crippen LogP contribution is 2.34. The molecule has 1 aliphatic heterocycles. The second-order valence-electron chi connectivity index (χ2n) is 4.10. The number of aromatic nitrogens is 1. The number of pyridine rings is 1. The Morgan fingerprint density at radius 3 is 3.00 bits per heavy atom. The highest BCUT2D eigenvalue weighted by molar-refractivity contribution is 5.19. The highest BCUT2D eigenvalue weighted by Gasteiger charge is 2.36. The van der Waals surface area contributed by atoms with E-state index in [-0.39, 0.29) is 5.92 Å². The van der Waals surface area contributed by atoms with Crippen LogP contribution in [-0.4, -0.2) is 23.3 Å². The summed E-state index contributed by atoms with van der Waals surface area (Å²) in [7, 11) is 0. The Bertz CT molecular complexity index is 348. The minimum atomic E-state index is -1.06. The Morgan fingerprint density at radius 1 is 1.60 bits per heavy atom. The van der Waals surface area contributed by atoms with Crippen LogP contribution in [0.5, 0.6) is 0 Å². The lowest BCUT2D eigenvalue weighted by molar-refractivity contribution is -0.0102. The number of nitrogens with zero attached hydrogens (tertiary/aromatic N) is 1. The minimum absolute atomic E-state index is 0.0149. The Labute approximate surface area is 87.9 Å². The Kier molecular flexibility index (Phi) is 2.71. The molecule has 1 aliphatic rings. The molecule has 4 heteroatoms. The van der Waals surface area contributed by atoms with Crippen LogP contribution in [0.25, 0.3) is 0 Å². The van der Waals surface area contributed by atoms with Crippen molar-refractivity contribution in [1.29, 1.82) is 0 Å². The van der Waals surface area contributed by atoms with Gasteiger partial charge >= 0.3 is 0 Å². The molecule has 2 unspecified atom stereocenters. The first-order chi connectivity index (χ1) is 7.10. The summed E-state index contributed by atoms with van der Waals surface area (Å²) in [5, 5.41) is 10.3. The minimum Gasteiger partial charge on any atom is -0.385 e. The molecule has 1 N–H and O–H groups in total. The van der Waals surface area contributed by atoms with Gasteiger partial charge in [-0.1, -0.05) is 0 Å². The van der Waals surface area contributed by atoms with Gasteiger partial charge in [-0.2, -0.15) is 0 Å². The van der Waals surface area contributed by atoms with Gasteiger partial charge in [-0.15, -0.1) is 0 Å². The summed E-state index contributed by atoms with van der Waals surface area (Å²) >= 11 is 0. The molecule has 0 bridgehead atoms. The van der Waals surface area contributed by atoms with Gasteiger partial charge in [0.2, 0.25) is 0 Å². The third-order valence-electron chi connectivity index (χ3n) is 3.01. The molecule has 1 fully saturated rings. The summed E-state index contributed by atoms with van der Waals surface area (Å²) < 4.78 is 18.2. The van der Waals surface area contributed by atoms with Gasteiger partial charge in [-0.25, -0.2) is 4.39 Å². The molecule has 3 nitrogen and oxygen atoms in total. The van der Waals surface area contributed by atoms with Gasteiger partial charge in [0.1, 0.15) is 5.82 Å². The van der Waals surface area contributed by atoms with Crippen LogP contribution >= 0.6 is 0 Å². The molecule has 15 heavy (non-hydrogen) atoms. The van der Waals surface area contributed by atoms with Crippen LogP contribution in [0, 0.1) is 11.7 Å². The SMILES string of the molecule is CC(O)(c1cncc(F)c1)C1CCOC1. The highest BCUT2D eigenvalue weighted by atomic mass is 19.1. The van der Waals surface area contributed by atoms with Crippen molar-refractivity contribution in [3.05, 3.63) is 29.8 Å². The van der Waals surface area contributed by atoms with E-state index in [1.807, 2.05) is 0 Å². The van der Waals surface area contributed by atoms with E-state index >= 15 is 0 Å². The van der Waals surface area contributed by atoms with Crippen LogP contribution in [0.4, 0.5) is 4.39 Å². The third-order valence-corrected chi connectivity index (χ3v) is 3.01. The number of hydrogen-bond donors (Lipinski definition) is 1. The topological polar surface area (TPSA) is 42.4 Å². The molecule has 0 amide bonds. The van der Waals surface area contributed by atoms with Crippen molar-refractivity contribution in [3.8, 4) is 0 Å². The summed E-state index contributed by atoms with van der Waals surface area (Å²) in [6.45, 7) is 2.86. The van der Waals surface area contributed by atoms with Gasteiger partial charge in [0.05, 0.1) is 18.4 Å². The normalized spacial score (nSPS) is 25.1. The fourth-order valence-electron chi connectivity index (χ4n) is 1.90. The van der Waals surface area contributed by atoms with Crippen LogP contribution in [0.2, 0.25) is 0 Å². The van der Waals surface area contributed by atoms with Gasteiger partial charge < -0.3 is 9.84 Å². The van der Waals surface area contributed by atoms with E-state index in [1.165, 1.54) is 12.3 Å². The second kappa shape index (κ2) is 3.87. The monoisotopic (exact) mass is 211 g/mol. The average Bonchev–Trinajstić information content (AvgIpc) is 2.71. The van der Waals surface area contributed by atoms with Gasteiger partial charge in [-0.3, -0.25) is 4.98 Å². The van der Waals surface area contributed by atoms with E-state index in [4.69, 9.17) is 4.74 Å². The van der Waals surface area contributed by atoms with Gasteiger partial charge in [0.25, 0.3) is 0 Å². The number of halogens is 1. The molecule has 0 aliphatic carbocycles. The predicted molar refractivity (Wildman–Crippen MR) is 52.7 cm³/mol. The summed E-state index contributed by atoms with van der Waals surface area (Å²) in [5.41, 5.74) is -0.552. The summed E-state index contributed by atoms with van der Waals surface area (Å²) in [5.74, 6) is -0.409. The maximum Gasteiger partial charge on any atom is 0.141 e. The molecule has 2 rings (SSSR count). The van der Waals surface area contributed by atoms with Crippen LogP contribution in [0.3, 0.4) is 0 Å². The van der Waals surface area contributed by atoms with Crippen molar-refractivity contribution in [2.75, 3.05) is 13.2 Å². The van der Waals surface area contributed by atoms with Crippen molar-refractivity contribution in [1.82, 2.24) is 4.98 Å². The molecule has 82 valence electrons. The predicted octanol–water partition coefficient (Wildman–Crippen LogP) is 1.46. The van der Waals surface area contributed by atoms with E-state index in [0.29, 0.717) is 18.8 Å². The van der Waals surface area contributed by atoms with Crippen molar-refractivity contribution in [2.45, 2.75) is 18.9 Å². The molecule has 0 aromatic carbocycles. The standard InChI is InChI=1S/C11H14FNO2/c1-11(14,8-2-3-15-7-8)9-4-10(12)6-13-5-9/h4-6,8,14H,2-3,7H2,1H3. The lowest BCUT2D eigenvalue weighted by Gasteiger charge is -2.29. The van der Waals surface area contributed by atoms with Gasteiger partial charge in [-0.05, 0) is 19.4 Å². The number of ether oxygens (including phenoxy) is 1. The lowest BCUT2D eigenvalue weighted by atomic mass is 9.83. The van der Waals surface area contributed by atoms with Crippen molar-refractivity contribution in [3.63, 3.8) is 0 Å². The first-order valence-corrected chi connectivity index (χ1v) is 5.02. The third kappa shape index (κ3) is 2.01. The maximum atomic E-state index is 13.0. The molecule has 2 atom stereocenters. The second-order valence-corrected chi connectivity index (χ2v) is 4.10. The van der Waals surface area contributed by atoms with Gasteiger partial charge in [0.15, 0.2) is 0 Å². The van der Waals surface area contributed by atoms with Gasteiger partial charge in [0, 0.05) is 24.3 Å². The summed E-state index contributed by atoms with van der Waals surface area (Å²) in [4.78, 5) is 3.75. The Morgan fingerprint density at radius 2 is 2.40 bits per heavy atom. The van der Waals surface area contributed by atoms with Crippen LogP contribution in [-0.2, 0) is 10.3 Å². The molecule has 0 radical (unpaired) electrons. The zero-order chi connectivity index (χ0) is 10.9. The lowest BCUT2D eigenvalue weighted by Crippen LogP contribution is -2.32. The average molecular weight is 211 g/mol. The molecular formula is C11H14FNO2. The first-order valence-electron chi connectivity index (χ1n) is 5.02. The van der Waals surface area contributed by atoms with Crippen LogP contribution in [0.15, 0.2) is 18.5 Å². The Hall–Kier alpha value is -1.00. The van der Waals surface area contributed by atoms with E-state index in [9.17, 15) is 9.50 Å². The molecule has 0 spiro atoms. The quantitative estimate of drug-likeness (QED) is 0.805. The molecule has 1 aromatic heterocycles. The van der Waals surface area contributed by atoms with E-state index in [2.05, 4.69) is 4.98 Å². The zero-order valence-electron chi connectivity index (χ0n) is 8.61. The molecule has 1 saturated heterocycles. The number of hydrogen-bond acceptors (Lipinski definition) is 3. The van der Waals surface area contributed by atoms with E-state index in [0.717, 1.165) is 12.6 Å². The van der Waals surface area contributed by atoms with Crippen LogP contribution in [0.1, 0.15) is 18.9 Å². The maximum absolute atomic E-state index is 13.0. The molecule has 2 heterocycles. The molecular weight excluding hydrogens is 197 g/mol. The van der Waals surface area contributed by atoms with Crippen LogP contribution < -0.4 is 0 Å². The van der Waals surface area contributed by atoms with Crippen molar-refractivity contribution < 1.29 is 14.2 Å². The van der Waals surface area contributed by atoms with E-state index < -0.39 is 11.4 Å². The smallest absolute Gasteiger partial charge is 0.141 e. The Balaban J connectivity index is 2.27. The summed E-state index contributed by atoms with van der Waals surface area (Å²) in [6.07, 6.45) is 3.43. The molecule has 0 saturated carbocycles. The van der Waals surface area contributed by atoms with Crippen molar-refractivity contribution in [2.24, 2.45) is 5.92 Å². The van der Waals surface area contributed by atoms with Crippen molar-refractivity contribution >= 4 is 0 Å². The molecule has 1 aromatic rings.